The fraction of sp³-hybridized carbons (Fsp3) is 0.538. The summed E-state index contributed by atoms with van der Waals surface area (Å²) in [6, 6.07) is 8.23. The predicted octanol–water partition coefficient (Wildman–Crippen LogP) is 4.22. The lowest BCUT2D eigenvalue weighted by molar-refractivity contribution is -0.148. The molecular weight excluding hydrogens is 457 g/mol. The summed E-state index contributed by atoms with van der Waals surface area (Å²) in [5.41, 5.74) is 2.08. The van der Waals surface area contributed by atoms with Crippen molar-refractivity contribution in [1.82, 2.24) is 14.8 Å². The molecule has 2 aromatic rings. The summed E-state index contributed by atoms with van der Waals surface area (Å²) >= 11 is 0. The van der Waals surface area contributed by atoms with Crippen LogP contribution in [0.2, 0.25) is 0 Å². The Kier molecular flexibility index (Phi) is 6.72. The molecule has 5 rings (SSSR count). The van der Waals surface area contributed by atoms with E-state index in [-0.39, 0.29) is 0 Å². The van der Waals surface area contributed by atoms with Crippen molar-refractivity contribution in [3.05, 3.63) is 58.8 Å². The highest BCUT2D eigenvalue weighted by Gasteiger charge is 2.43. The monoisotopic (exact) mass is 488 g/mol. The van der Waals surface area contributed by atoms with Gasteiger partial charge in [-0.3, -0.25) is 14.6 Å². The smallest absolute Gasteiger partial charge is 0.416 e. The van der Waals surface area contributed by atoms with Gasteiger partial charge in [0.05, 0.1) is 5.56 Å². The third-order valence-corrected chi connectivity index (χ3v) is 7.54. The van der Waals surface area contributed by atoms with Crippen LogP contribution in [0.15, 0.2) is 36.4 Å². The molecule has 2 fully saturated rings. The second kappa shape index (κ2) is 9.78. The molecule has 0 unspecified atom stereocenters. The summed E-state index contributed by atoms with van der Waals surface area (Å²) in [7, 11) is 0. The zero-order valence-electron chi connectivity index (χ0n) is 19.6. The molecule has 1 aromatic heterocycles. The number of carbonyl (C=O) groups is 1. The Morgan fingerprint density at radius 3 is 2.54 bits per heavy atom. The maximum atomic E-state index is 12.8. The Morgan fingerprint density at radius 1 is 1.11 bits per heavy atom. The van der Waals surface area contributed by atoms with E-state index in [4.69, 9.17) is 4.98 Å². The van der Waals surface area contributed by atoms with Gasteiger partial charge in [0.2, 0.25) is 0 Å². The number of rotatable bonds is 8. The number of pyridine rings is 1. The van der Waals surface area contributed by atoms with Crippen molar-refractivity contribution >= 4 is 11.8 Å². The van der Waals surface area contributed by atoms with Crippen molar-refractivity contribution in [2.75, 3.05) is 38.0 Å². The van der Waals surface area contributed by atoms with Crippen LogP contribution in [-0.4, -0.2) is 64.6 Å². The molecule has 0 amide bonds. The maximum absolute atomic E-state index is 12.8. The van der Waals surface area contributed by atoms with Crippen LogP contribution >= 0.6 is 0 Å². The first-order chi connectivity index (χ1) is 16.8. The van der Waals surface area contributed by atoms with Crippen molar-refractivity contribution in [3.63, 3.8) is 0 Å². The molecule has 0 radical (unpaired) electrons. The first-order valence-corrected chi connectivity index (χ1v) is 12.4. The van der Waals surface area contributed by atoms with E-state index in [1.165, 1.54) is 17.7 Å². The number of hydrogen-bond donors (Lipinski definition) is 2. The average molecular weight is 489 g/mol. The molecule has 0 bridgehead atoms. The number of likely N-dealkylation sites (tertiary alicyclic amines) is 2. The lowest BCUT2D eigenvalue weighted by Gasteiger charge is -2.53. The van der Waals surface area contributed by atoms with Crippen molar-refractivity contribution in [3.8, 4) is 0 Å². The van der Waals surface area contributed by atoms with Crippen LogP contribution in [0.1, 0.15) is 47.7 Å². The summed E-state index contributed by atoms with van der Waals surface area (Å²) < 4.78 is 38.5. The molecule has 1 aromatic carbocycles. The molecule has 0 saturated carbocycles. The number of nitrogens with one attached hydrogen (secondary N) is 1. The van der Waals surface area contributed by atoms with Gasteiger partial charge in [-0.15, -0.1) is 0 Å². The number of nitrogens with zero attached hydrogens (tertiary/aromatic N) is 3. The fourth-order valence-corrected chi connectivity index (χ4v) is 5.46. The highest BCUT2D eigenvalue weighted by Crippen LogP contribution is 2.35. The summed E-state index contributed by atoms with van der Waals surface area (Å²) in [4.78, 5) is 20.9. The predicted molar refractivity (Wildman–Crippen MR) is 126 cm³/mol. The van der Waals surface area contributed by atoms with E-state index >= 15 is 0 Å². The van der Waals surface area contributed by atoms with E-state index in [2.05, 4.69) is 22.3 Å². The Labute approximate surface area is 203 Å². The SMILES string of the molecule is O=C(O)[C@H](c1ccc(C(F)(F)F)cc1)N1CC(N2CC(CCCc3ccc4c(n3)NCCC4)C2)C1. The van der Waals surface area contributed by atoms with Gasteiger partial charge < -0.3 is 10.4 Å². The van der Waals surface area contributed by atoms with Crippen LogP contribution in [0.5, 0.6) is 0 Å². The van der Waals surface area contributed by atoms with E-state index in [9.17, 15) is 23.1 Å². The Morgan fingerprint density at radius 2 is 1.86 bits per heavy atom. The number of halogens is 3. The molecule has 35 heavy (non-hydrogen) atoms. The van der Waals surface area contributed by atoms with Gasteiger partial charge in [-0.2, -0.15) is 13.2 Å². The van der Waals surface area contributed by atoms with Crippen LogP contribution < -0.4 is 5.32 Å². The zero-order valence-corrected chi connectivity index (χ0v) is 19.6. The summed E-state index contributed by atoms with van der Waals surface area (Å²) in [5.74, 6) is 0.676. The zero-order chi connectivity index (χ0) is 24.6. The number of alkyl halides is 3. The van der Waals surface area contributed by atoms with Gasteiger partial charge in [0.25, 0.3) is 0 Å². The summed E-state index contributed by atoms with van der Waals surface area (Å²) in [6.45, 7) is 4.29. The lowest BCUT2D eigenvalue weighted by Crippen LogP contribution is -2.66. The number of benzene rings is 1. The van der Waals surface area contributed by atoms with Crippen LogP contribution in [0.4, 0.5) is 19.0 Å². The van der Waals surface area contributed by atoms with Gasteiger partial charge in [0, 0.05) is 44.5 Å². The molecule has 2 saturated heterocycles. The molecule has 0 spiro atoms. The second-order valence-corrected chi connectivity index (χ2v) is 10.0. The first kappa shape index (κ1) is 24.1. The van der Waals surface area contributed by atoms with Crippen molar-refractivity contribution in [1.29, 1.82) is 0 Å². The number of carboxylic acids is 1. The number of aromatic nitrogens is 1. The number of anilines is 1. The standard InChI is InChI=1S/C26H31F3N4O2/c27-26(28,29)20-9-6-18(7-10-20)23(25(34)35)33-15-22(16-33)32-13-17(14-32)3-1-5-21-11-8-19-4-2-12-30-24(19)31-21/h6-11,17,22-23H,1-5,12-16H2,(H,30,31)(H,34,35)/t23-/m0/s1. The second-order valence-electron chi connectivity index (χ2n) is 10.0. The Hall–Kier alpha value is -2.65. The molecule has 3 aliphatic rings. The molecule has 188 valence electrons. The minimum absolute atomic E-state index is 0.316. The summed E-state index contributed by atoms with van der Waals surface area (Å²) in [5, 5.41) is 13.1. The fourth-order valence-electron chi connectivity index (χ4n) is 5.46. The quantitative estimate of drug-likeness (QED) is 0.580. The van der Waals surface area contributed by atoms with Crippen molar-refractivity contribution in [2.45, 2.75) is 50.4 Å². The highest BCUT2D eigenvalue weighted by atomic mass is 19.4. The van der Waals surface area contributed by atoms with Gasteiger partial charge in [-0.1, -0.05) is 18.2 Å². The van der Waals surface area contributed by atoms with Gasteiger partial charge in [0.1, 0.15) is 11.9 Å². The molecular formula is C26H31F3N4O2. The molecule has 3 aliphatic heterocycles. The molecule has 6 nitrogen and oxygen atoms in total. The van der Waals surface area contributed by atoms with E-state index in [0.717, 1.165) is 75.4 Å². The van der Waals surface area contributed by atoms with E-state index in [1.807, 2.05) is 4.90 Å². The third-order valence-electron chi connectivity index (χ3n) is 7.54. The highest BCUT2D eigenvalue weighted by molar-refractivity contribution is 5.75. The Balaban J connectivity index is 1.05. The molecule has 1 atom stereocenters. The number of fused-ring (bicyclic) bond motifs is 1. The Bertz CT molecular complexity index is 1050. The number of hydrogen-bond acceptors (Lipinski definition) is 5. The molecule has 2 N–H and O–H groups in total. The average Bonchev–Trinajstić information content (AvgIpc) is 2.77. The minimum Gasteiger partial charge on any atom is -0.480 e. The van der Waals surface area contributed by atoms with E-state index in [0.29, 0.717) is 30.6 Å². The number of carboxylic acid groups (broad SMARTS) is 1. The van der Waals surface area contributed by atoms with Crippen molar-refractivity contribution in [2.24, 2.45) is 5.92 Å². The van der Waals surface area contributed by atoms with Crippen LogP contribution in [0, 0.1) is 5.92 Å². The maximum Gasteiger partial charge on any atom is 0.416 e. The van der Waals surface area contributed by atoms with Gasteiger partial charge >= 0.3 is 12.1 Å². The largest absolute Gasteiger partial charge is 0.480 e. The number of aryl methyl sites for hydroxylation is 2. The normalized spacial score (nSPS) is 20.4. The molecule has 4 heterocycles. The van der Waals surface area contributed by atoms with Gasteiger partial charge in [-0.25, -0.2) is 4.98 Å². The summed E-state index contributed by atoms with van der Waals surface area (Å²) in [6.07, 6.45) is 1.08. The third kappa shape index (κ3) is 5.30. The lowest BCUT2D eigenvalue weighted by atomic mass is 9.89. The topological polar surface area (TPSA) is 68.7 Å². The van der Waals surface area contributed by atoms with Crippen LogP contribution in [0.3, 0.4) is 0 Å². The molecule has 0 aliphatic carbocycles. The number of aliphatic carboxylic acids is 1. The first-order valence-electron chi connectivity index (χ1n) is 12.4. The van der Waals surface area contributed by atoms with Crippen LogP contribution in [0.25, 0.3) is 0 Å². The van der Waals surface area contributed by atoms with Gasteiger partial charge in [-0.05, 0) is 67.3 Å². The van der Waals surface area contributed by atoms with Crippen molar-refractivity contribution < 1.29 is 23.1 Å². The van der Waals surface area contributed by atoms with Gasteiger partial charge in [0.15, 0.2) is 0 Å². The van der Waals surface area contributed by atoms with Crippen LogP contribution in [-0.2, 0) is 23.8 Å². The molecule has 9 heteroatoms. The minimum atomic E-state index is -4.43. The van der Waals surface area contributed by atoms with E-state index in [1.54, 1.807) is 0 Å². The van der Waals surface area contributed by atoms with E-state index < -0.39 is 23.8 Å².